The molecule has 254 valence electrons. The number of amides is 2. The Labute approximate surface area is 285 Å². The van der Waals surface area contributed by atoms with Crippen LogP contribution in [0, 0.1) is 12.8 Å². The highest BCUT2D eigenvalue weighted by molar-refractivity contribution is 7.99. The van der Waals surface area contributed by atoms with E-state index in [1.807, 2.05) is 55.3 Å². The molecule has 0 spiro atoms. The molecule has 2 unspecified atom stereocenters. The SMILES string of the molecule is CCSC(NC(C)CC1CCCCC1)c1ccc(C(=O)N(C(=O)OC(C)(C)C)[C@@H](CCSC)C(=O)OC)c(-c2ccccc2C)c1. The lowest BCUT2D eigenvalue weighted by Crippen LogP contribution is -2.51. The third kappa shape index (κ3) is 10.8. The predicted molar refractivity (Wildman–Crippen MR) is 192 cm³/mol. The van der Waals surface area contributed by atoms with E-state index in [-0.39, 0.29) is 11.8 Å². The molecule has 1 N–H and O–H groups in total. The van der Waals surface area contributed by atoms with Crippen LogP contribution in [-0.4, -0.2) is 65.4 Å². The van der Waals surface area contributed by atoms with Crippen LogP contribution in [0.5, 0.6) is 0 Å². The van der Waals surface area contributed by atoms with Crippen LogP contribution in [0.1, 0.15) is 106 Å². The largest absolute Gasteiger partial charge is 0.467 e. The van der Waals surface area contributed by atoms with E-state index in [2.05, 4.69) is 25.2 Å². The third-order valence-corrected chi connectivity index (χ3v) is 10.1. The number of nitrogens with one attached hydrogen (secondary N) is 1. The summed E-state index contributed by atoms with van der Waals surface area (Å²) in [5, 5.41) is 3.91. The summed E-state index contributed by atoms with van der Waals surface area (Å²) in [6.07, 6.45) is 9.06. The molecule has 0 bridgehead atoms. The van der Waals surface area contributed by atoms with Crippen molar-refractivity contribution in [2.45, 2.75) is 110 Å². The van der Waals surface area contributed by atoms with Crippen LogP contribution >= 0.6 is 23.5 Å². The second-order valence-corrected chi connectivity index (χ2v) is 15.6. The Kier molecular flexibility index (Phi) is 15.0. The van der Waals surface area contributed by atoms with E-state index in [1.54, 1.807) is 26.8 Å². The van der Waals surface area contributed by atoms with Crippen LogP contribution in [0.25, 0.3) is 11.1 Å². The lowest BCUT2D eigenvalue weighted by molar-refractivity contribution is -0.146. The van der Waals surface area contributed by atoms with Gasteiger partial charge in [-0.05, 0) is 106 Å². The molecule has 46 heavy (non-hydrogen) atoms. The van der Waals surface area contributed by atoms with Crippen molar-refractivity contribution in [2.24, 2.45) is 5.92 Å². The summed E-state index contributed by atoms with van der Waals surface area (Å²) >= 11 is 3.36. The molecule has 2 amide bonds. The summed E-state index contributed by atoms with van der Waals surface area (Å²) in [6, 6.07) is 13.0. The summed E-state index contributed by atoms with van der Waals surface area (Å²) in [6.45, 7) is 11.7. The van der Waals surface area contributed by atoms with Gasteiger partial charge in [0.15, 0.2) is 0 Å². The number of nitrogens with zero attached hydrogens (tertiary/aromatic N) is 1. The highest BCUT2D eigenvalue weighted by atomic mass is 32.2. The maximum Gasteiger partial charge on any atom is 0.418 e. The molecule has 1 saturated carbocycles. The van der Waals surface area contributed by atoms with Gasteiger partial charge in [-0.1, -0.05) is 69.4 Å². The first-order valence-electron chi connectivity index (χ1n) is 16.6. The van der Waals surface area contributed by atoms with Crippen molar-refractivity contribution < 1.29 is 23.9 Å². The topological polar surface area (TPSA) is 84.9 Å². The first-order valence-corrected chi connectivity index (χ1v) is 19.0. The van der Waals surface area contributed by atoms with Crippen LogP contribution in [0.3, 0.4) is 0 Å². The van der Waals surface area contributed by atoms with Crippen molar-refractivity contribution >= 4 is 41.5 Å². The van der Waals surface area contributed by atoms with E-state index in [9.17, 15) is 14.4 Å². The van der Waals surface area contributed by atoms with Gasteiger partial charge in [-0.2, -0.15) is 11.8 Å². The van der Waals surface area contributed by atoms with Crippen molar-refractivity contribution in [1.29, 1.82) is 0 Å². The molecule has 3 rings (SSSR count). The molecule has 1 aliphatic carbocycles. The average Bonchev–Trinajstić information content (AvgIpc) is 3.01. The Balaban J connectivity index is 2.11. The number of carbonyl (C=O) groups excluding carboxylic acids is 3. The Morgan fingerprint density at radius 1 is 1.04 bits per heavy atom. The molecule has 0 aromatic heterocycles. The first-order chi connectivity index (χ1) is 21.9. The van der Waals surface area contributed by atoms with E-state index < -0.39 is 29.6 Å². The number of aryl methyl sites for hydroxylation is 1. The van der Waals surface area contributed by atoms with E-state index >= 15 is 0 Å². The van der Waals surface area contributed by atoms with Crippen molar-refractivity contribution in [3.8, 4) is 11.1 Å². The summed E-state index contributed by atoms with van der Waals surface area (Å²) in [4.78, 5) is 42.4. The summed E-state index contributed by atoms with van der Waals surface area (Å²) < 4.78 is 10.8. The van der Waals surface area contributed by atoms with Gasteiger partial charge in [0, 0.05) is 11.6 Å². The second-order valence-electron chi connectivity index (χ2n) is 13.2. The van der Waals surface area contributed by atoms with Gasteiger partial charge in [-0.25, -0.2) is 14.5 Å². The molecular weight excluding hydrogens is 617 g/mol. The Morgan fingerprint density at radius 3 is 2.35 bits per heavy atom. The average molecular weight is 671 g/mol. The zero-order chi connectivity index (χ0) is 33.9. The number of esters is 1. The summed E-state index contributed by atoms with van der Waals surface area (Å²) in [5.74, 6) is 0.999. The zero-order valence-electron chi connectivity index (χ0n) is 29.0. The molecule has 1 fully saturated rings. The number of carbonyl (C=O) groups is 3. The minimum atomic E-state index is -1.13. The minimum Gasteiger partial charge on any atom is -0.467 e. The molecular formula is C37H54N2O5S2. The first kappa shape index (κ1) is 38.0. The number of ether oxygens (including phenoxy) is 2. The molecule has 0 heterocycles. The van der Waals surface area contributed by atoms with Crippen molar-refractivity contribution in [1.82, 2.24) is 10.2 Å². The number of benzene rings is 2. The second kappa shape index (κ2) is 18.2. The lowest BCUT2D eigenvalue weighted by atomic mass is 9.85. The number of hydrogen-bond donors (Lipinski definition) is 1. The minimum absolute atomic E-state index is 0.0295. The summed E-state index contributed by atoms with van der Waals surface area (Å²) in [7, 11) is 1.27. The van der Waals surface area contributed by atoms with Crippen molar-refractivity contribution in [2.75, 3.05) is 24.9 Å². The maximum atomic E-state index is 14.6. The van der Waals surface area contributed by atoms with Crippen LogP contribution in [0.15, 0.2) is 42.5 Å². The predicted octanol–water partition coefficient (Wildman–Crippen LogP) is 9.03. The maximum absolute atomic E-state index is 14.6. The van der Waals surface area contributed by atoms with Gasteiger partial charge in [0.1, 0.15) is 11.6 Å². The highest BCUT2D eigenvalue weighted by Crippen LogP contribution is 2.36. The van der Waals surface area contributed by atoms with Crippen LogP contribution in [-0.2, 0) is 14.3 Å². The Morgan fingerprint density at radius 2 is 1.74 bits per heavy atom. The number of thioether (sulfide) groups is 2. The van der Waals surface area contributed by atoms with Gasteiger partial charge < -0.3 is 9.47 Å². The monoisotopic (exact) mass is 670 g/mol. The summed E-state index contributed by atoms with van der Waals surface area (Å²) in [5.41, 5.74) is 3.13. The van der Waals surface area contributed by atoms with Crippen molar-refractivity contribution in [3.63, 3.8) is 0 Å². The van der Waals surface area contributed by atoms with Gasteiger partial charge in [0.25, 0.3) is 5.91 Å². The standard InChI is InChI=1S/C37H54N2O5S2/c1-9-46-33(38-26(3)23-27-16-11-10-12-17-27)28-19-20-30(31(24-28)29-18-14-13-15-25(29)2)34(40)39(36(42)44-37(4,5)6)32(21-22-45-8)35(41)43-7/h13-15,18-20,24,26-27,32-33,38H,9-12,16-17,21-23H2,1-8H3/t26?,32-,33?/m0/s1. The molecule has 0 aliphatic heterocycles. The van der Waals surface area contributed by atoms with Gasteiger partial charge in [0.05, 0.1) is 12.5 Å². The molecule has 9 heteroatoms. The molecule has 7 nitrogen and oxygen atoms in total. The lowest BCUT2D eigenvalue weighted by Gasteiger charge is -2.31. The van der Waals surface area contributed by atoms with E-state index in [0.717, 1.165) is 39.7 Å². The van der Waals surface area contributed by atoms with Crippen LogP contribution in [0.4, 0.5) is 4.79 Å². The van der Waals surface area contributed by atoms with Gasteiger partial charge in [-0.3, -0.25) is 10.1 Å². The molecule has 1 aliphatic rings. The molecule has 0 saturated heterocycles. The fraction of sp³-hybridized carbons (Fsp3) is 0.595. The smallest absolute Gasteiger partial charge is 0.418 e. The van der Waals surface area contributed by atoms with Gasteiger partial charge in [0.2, 0.25) is 0 Å². The van der Waals surface area contributed by atoms with E-state index in [0.29, 0.717) is 22.9 Å². The number of imide groups is 1. The Hall–Kier alpha value is -2.49. The van der Waals surface area contributed by atoms with Crippen LogP contribution in [0.2, 0.25) is 0 Å². The normalized spacial score (nSPS) is 15.9. The fourth-order valence-electron chi connectivity index (χ4n) is 6.18. The van der Waals surface area contributed by atoms with Gasteiger partial charge in [-0.15, -0.1) is 11.8 Å². The number of hydrogen-bond acceptors (Lipinski definition) is 8. The Bertz CT molecular complexity index is 1300. The fourth-order valence-corrected chi connectivity index (χ4v) is 7.64. The molecule has 2 aromatic rings. The van der Waals surface area contributed by atoms with Crippen molar-refractivity contribution in [3.05, 3.63) is 59.2 Å². The van der Waals surface area contributed by atoms with E-state index in [1.165, 1.54) is 51.0 Å². The number of methoxy groups -OCH3 is 1. The molecule has 2 aromatic carbocycles. The number of rotatable bonds is 14. The van der Waals surface area contributed by atoms with Crippen LogP contribution < -0.4 is 5.32 Å². The quantitative estimate of drug-likeness (QED) is 0.157. The molecule has 0 radical (unpaired) electrons. The van der Waals surface area contributed by atoms with Gasteiger partial charge >= 0.3 is 12.1 Å². The third-order valence-electron chi connectivity index (χ3n) is 8.38. The zero-order valence-corrected chi connectivity index (χ0v) is 30.7. The highest BCUT2D eigenvalue weighted by Gasteiger charge is 2.39. The van der Waals surface area contributed by atoms with E-state index in [4.69, 9.17) is 9.47 Å². The molecule has 3 atom stereocenters.